The molecule has 3 rings (SSSR count). The molecular weight excluding hydrogens is 428 g/mol. The van der Waals surface area contributed by atoms with Crippen LogP contribution in [0.3, 0.4) is 0 Å². The molecule has 1 aliphatic rings. The van der Waals surface area contributed by atoms with Gasteiger partial charge < -0.3 is 10.1 Å². The highest BCUT2D eigenvalue weighted by atomic mass is 32.2. The van der Waals surface area contributed by atoms with Gasteiger partial charge in [-0.05, 0) is 49.7 Å². The van der Waals surface area contributed by atoms with E-state index in [0.717, 1.165) is 12.1 Å². The van der Waals surface area contributed by atoms with Crippen molar-refractivity contribution in [1.29, 1.82) is 0 Å². The predicted octanol–water partition coefficient (Wildman–Crippen LogP) is 2.66. The van der Waals surface area contributed by atoms with Crippen molar-refractivity contribution >= 4 is 21.6 Å². The number of carbonyl (C=O) groups is 1. The van der Waals surface area contributed by atoms with E-state index in [1.165, 1.54) is 22.5 Å². The van der Waals surface area contributed by atoms with E-state index in [1.54, 1.807) is 26.0 Å². The van der Waals surface area contributed by atoms with Gasteiger partial charge in [-0.3, -0.25) is 10.1 Å². The maximum atomic E-state index is 13.5. The van der Waals surface area contributed by atoms with E-state index in [0.29, 0.717) is 24.5 Å². The van der Waals surface area contributed by atoms with Crippen LogP contribution in [0.2, 0.25) is 0 Å². The third-order valence-electron chi connectivity index (χ3n) is 5.05. The number of halogens is 2. The van der Waals surface area contributed by atoms with Crippen molar-refractivity contribution in [2.45, 2.75) is 30.8 Å². The smallest absolute Gasteiger partial charge is 0.243 e. The Kier molecular flexibility index (Phi) is 7.37. The fourth-order valence-electron chi connectivity index (χ4n) is 3.25. The Morgan fingerprint density at radius 1 is 1.06 bits per heavy atom. The van der Waals surface area contributed by atoms with Crippen molar-refractivity contribution < 1.29 is 26.7 Å². The summed E-state index contributed by atoms with van der Waals surface area (Å²) < 4.78 is 58.7. The standard InChI is InChI=1S/C21H25F2N3O4S/c1-14(16-6-7-19(22)20(23)12-16)24-15(2)21(27)25-17-4-3-5-18(13-17)31(28,29)26-8-10-30-11-9-26/h3-7,12-15,24H,8-11H2,1-2H3,(H,25,27). The molecule has 1 heterocycles. The molecule has 2 aromatic carbocycles. The van der Waals surface area contributed by atoms with E-state index in [-0.39, 0.29) is 18.0 Å². The van der Waals surface area contributed by atoms with E-state index in [9.17, 15) is 22.0 Å². The van der Waals surface area contributed by atoms with Gasteiger partial charge in [0, 0.05) is 24.8 Å². The SMILES string of the molecule is CC(NC(C)c1ccc(F)c(F)c1)C(=O)Nc1cccc(S(=O)(=O)N2CCOCC2)c1. The first-order valence-electron chi connectivity index (χ1n) is 9.88. The maximum Gasteiger partial charge on any atom is 0.243 e. The molecule has 10 heteroatoms. The Labute approximate surface area is 180 Å². The van der Waals surface area contributed by atoms with Crippen LogP contribution >= 0.6 is 0 Å². The van der Waals surface area contributed by atoms with E-state index < -0.39 is 39.6 Å². The highest BCUT2D eigenvalue weighted by Crippen LogP contribution is 2.21. The molecule has 31 heavy (non-hydrogen) atoms. The molecule has 2 unspecified atom stereocenters. The number of carbonyl (C=O) groups excluding carboxylic acids is 1. The van der Waals surface area contributed by atoms with Crippen molar-refractivity contribution in [3.8, 4) is 0 Å². The first kappa shape index (κ1) is 23.3. The number of nitrogens with one attached hydrogen (secondary N) is 2. The minimum Gasteiger partial charge on any atom is -0.379 e. The number of morpholine rings is 1. The van der Waals surface area contributed by atoms with Gasteiger partial charge in [0.05, 0.1) is 24.2 Å². The van der Waals surface area contributed by atoms with Crippen LogP contribution in [0.5, 0.6) is 0 Å². The van der Waals surface area contributed by atoms with E-state index in [4.69, 9.17) is 4.74 Å². The van der Waals surface area contributed by atoms with Crippen LogP contribution in [0.1, 0.15) is 25.5 Å². The second-order valence-corrected chi connectivity index (χ2v) is 9.26. The van der Waals surface area contributed by atoms with Crippen molar-refractivity contribution in [2.75, 3.05) is 31.6 Å². The lowest BCUT2D eigenvalue weighted by Crippen LogP contribution is -2.40. The highest BCUT2D eigenvalue weighted by Gasteiger charge is 2.26. The first-order valence-corrected chi connectivity index (χ1v) is 11.3. The minimum atomic E-state index is -3.68. The number of amides is 1. The summed E-state index contributed by atoms with van der Waals surface area (Å²) in [6.07, 6.45) is 0. The molecule has 0 aliphatic carbocycles. The van der Waals surface area contributed by atoms with Crippen molar-refractivity contribution in [3.05, 3.63) is 59.7 Å². The van der Waals surface area contributed by atoms with E-state index >= 15 is 0 Å². The lowest BCUT2D eigenvalue weighted by molar-refractivity contribution is -0.117. The molecule has 0 spiro atoms. The Bertz CT molecular complexity index is 1040. The van der Waals surface area contributed by atoms with Crippen molar-refractivity contribution in [2.24, 2.45) is 0 Å². The van der Waals surface area contributed by atoms with Gasteiger partial charge in [-0.2, -0.15) is 4.31 Å². The predicted molar refractivity (Wildman–Crippen MR) is 112 cm³/mol. The molecule has 1 aliphatic heterocycles. The first-order chi connectivity index (χ1) is 14.7. The maximum absolute atomic E-state index is 13.5. The third-order valence-corrected chi connectivity index (χ3v) is 6.94. The second-order valence-electron chi connectivity index (χ2n) is 7.32. The summed E-state index contributed by atoms with van der Waals surface area (Å²) >= 11 is 0. The lowest BCUT2D eigenvalue weighted by Gasteiger charge is -2.26. The van der Waals surface area contributed by atoms with Gasteiger partial charge >= 0.3 is 0 Å². The van der Waals surface area contributed by atoms with Gasteiger partial charge in [0.25, 0.3) is 0 Å². The molecule has 1 fully saturated rings. The summed E-state index contributed by atoms with van der Waals surface area (Å²) in [5, 5.41) is 5.71. The Balaban J connectivity index is 1.65. The van der Waals surface area contributed by atoms with Gasteiger partial charge in [-0.15, -0.1) is 0 Å². The molecule has 0 bridgehead atoms. The van der Waals surface area contributed by atoms with Crippen LogP contribution in [0.25, 0.3) is 0 Å². The average Bonchev–Trinajstić information content (AvgIpc) is 2.76. The molecule has 0 radical (unpaired) electrons. The number of ether oxygens (including phenoxy) is 1. The number of nitrogens with zero attached hydrogens (tertiary/aromatic N) is 1. The van der Waals surface area contributed by atoms with Crippen LogP contribution in [0.4, 0.5) is 14.5 Å². The summed E-state index contributed by atoms with van der Waals surface area (Å²) in [5.74, 6) is -2.29. The van der Waals surface area contributed by atoms with Crippen LogP contribution < -0.4 is 10.6 Å². The molecule has 0 aromatic heterocycles. The van der Waals surface area contributed by atoms with Crippen LogP contribution in [0.15, 0.2) is 47.4 Å². The molecule has 1 amide bonds. The topological polar surface area (TPSA) is 87.7 Å². The molecule has 1 saturated heterocycles. The largest absolute Gasteiger partial charge is 0.379 e. The molecule has 2 aromatic rings. The number of benzene rings is 2. The number of rotatable bonds is 7. The summed E-state index contributed by atoms with van der Waals surface area (Å²) in [6, 6.07) is 8.52. The summed E-state index contributed by atoms with van der Waals surface area (Å²) in [7, 11) is -3.68. The fourth-order valence-corrected chi connectivity index (χ4v) is 4.70. The Morgan fingerprint density at radius 3 is 2.45 bits per heavy atom. The zero-order chi connectivity index (χ0) is 22.6. The highest BCUT2D eigenvalue weighted by molar-refractivity contribution is 7.89. The normalized spacial score (nSPS) is 17.2. The second kappa shape index (κ2) is 9.82. The Hall–Kier alpha value is -2.40. The van der Waals surface area contributed by atoms with Crippen LogP contribution in [-0.4, -0.2) is 51.0 Å². The zero-order valence-corrected chi connectivity index (χ0v) is 18.1. The molecule has 7 nitrogen and oxygen atoms in total. The van der Waals surface area contributed by atoms with Gasteiger partial charge in [0.2, 0.25) is 15.9 Å². The monoisotopic (exact) mass is 453 g/mol. The van der Waals surface area contributed by atoms with Crippen LogP contribution in [0, 0.1) is 11.6 Å². The molecule has 2 N–H and O–H groups in total. The molecule has 168 valence electrons. The number of sulfonamides is 1. The van der Waals surface area contributed by atoms with Gasteiger partial charge in [-0.1, -0.05) is 12.1 Å². The molecular formula is C21H25F2N3O4S. The summed E-state index contributed by atoms with van der Waals surface area (Å²) in [6.45, 7) is 4.60. The molecule has 2 atom stereocenters. The number of anilines is 1. The summed E-state index contributed by atoms with van der Waals surface area (Å²) in [5.41, 5.74) is 0.839. The van der Waals surface area contributed by atoms with Crippen LogP contribution in [-0.2, 0) is 19.6 Å². The van der Waals surface area contributed by atoms with Gasteiger partial charge in [-0.25, -0.2) is 17.2 Å². The van der Waals surface area contributed by atoms with Gasteiger partial charge in [0.15, 0.2) is 11.6 Å². The van der Waals surface area contributed by atoms with Crippen molar-refractivity contribution in [1.82, 2.24) is 9.62 Å². The molecule has 0 saturated carbocycles. The number of hydrogen-bond acceptors (Lipinski definition) is 5. The van der Waals surface area contributed by atoms with Gasteiger partial charge in [0.1, 0.15) is 0 Å². The van der Waals surface area contributed by atoms with Crippen molar-refractivity contribution in [3.63, 3.8) is 0 Å². The van der Waals surface area contributed by atoms with E-state index in [2.05, 4.69) is 10.6 Å². The lowest BCUT2D eigenvalue weighted by atomic mass is 10.1. The number of hydrogen-bond donors (Lipinski definition) is 2. The minimum absolute atomic E-state index is 0.0861. The summed E-state index contributed by atoms with van der Waals surface area (Å²) in [4.78, 5) is 12.7. The zero-order valence-electron chi connectivity index (χ0n) is 17.3. The fraction of sp³-hybridized carbons (Fsp3) is 0.381. The quantitative estimate of drug-likeness (QED) is 0.673. The third kappa shape index (κ3) is 5.65. The average molecular weight is 454 g/mol. The Morgan fingerprint density at radius 2 is 1.77 bits per heavy atom. The van der Waals surface area contributed by atoms with E-state index in [1.807, 2.05) is 0 Å².